The van der Waals surface area contributed by atoms with Crippen molar-refractivity contribution in [1.82, 2.24) is 0 Å². The summed E-state index contributed by atoms with van der Waals surface area (Å²) in [6, 6.07) is 1.30. The lowest BCUT2D eigenvalue weighted by atomic mass is 10.0. The summed E-state index contributed by atoms with van der Waals surface area (Å²) in [4.78, 5) is 0. The fourth-order valence-electron chi connectivity index (χ4n) is 5.99. The van der Waals surface area contributed by atoms with Crippen molar-refractivity contribution in [3.05, 3.63) is 0 Å². The highest BCUT2D eigenvalue weighted by atomic mass is 35.6. The van der Waals surface area contributed by atoms with Crippen LogP contribution in [0.3, 0.4) is 0 Å². The van der Waals surface area contributed by atoms with E-state index in [9.17, 15) is 0 Å². The summed E-state index contributed by atoms with van der Waals surface area (Å²) < 4.78 is 0. The molecule has 0 saturated carbocycles. The molecule has 0 aliphatic carbocycles. The van der Waals surface area contributed by atoms with Crippen LogP contribution in [0, 0.1) is 0 Å². The number of unbranched alkanes of at least 4 members (excludes halogenated alkanes) is 31. The zero-order valence-electron chi connectivity index (χ0n) is 27.5. The van der Waals surface area contributed by atoms with Crippen molar-refractivity contribution < 1.29 is 0 Å². The van der Waals surface area contributed by atoms with Crippen LogP contribution in [0.25, 0.3) is 0 Å². The Bertz CT molecular complexity index is 436. The van der Waals surface area contributed by atoms with Gasteiger partial charge in [-0.25, -0.2) is 0 Å². The van der Waals surface area contributed by atoms with E-state index >= 15 is 0 Å². The lowest BCUT2D eigenvalue weighted by Crippen LogP contribution is -2.14. The topological polar surface area (TPSA) is 26.0 Å². The predicted octanol–water partition coefficient (Wildman–Crippen LogP) is 13.9. The monoisotopic (exact) mass is 586 g/mol. The second-order valence-electron chi connectivity index (χ2n) is 13.6. The first-order valence-corrected chi connectivity index (χ1v) is 22.7. The molecule has 3 heteroatoms. The van der Waals surface area contributed by atoms with Gasteiger partial charge in [0.15, 0.2) is 0 Å². The van der Waals surface area contributed by atoms with Crippen LogP contribution in [0.5, 0.6) is 0 Å². The Morgan fingerprint density at radius 2 is 0.462 bits per heavy atom. The van der Waals surface area contributed by atoms with E-state index in [1.807, 2.05) is 0 Å². The number of hydrogen-bond acceptors (Lipinski definition) is 1. The molecule has 0 amide bonds. The molecule has 0 aromatic rings. The minimum Gasteiger partial charge on any atom is -0.330 e. The van der Waals surface area contributed by atoms with Gasteiger partial charge in [-0.2, -0.15) is 11.1 Å². The average molecular weight is 587 g/mol. The molecule has 0 aromatic heterocycles. The third-order valence-corrected chi connectivity index (χ3v) is 10.8. The molecule has 0 aliphatic rings. The standard InChI is InChI=1S/C36H76ClNSi/c1-39(2,37)36-34-32-30-28-26-24-22-20-18-16-14-12-10-8-6-4-3-5-7-9-11-13-15-17-19-21-23-25-27-29-31-33-35-38/h3-36,38H2,1-2H3. The van der Waals surface area contributed by atoms with E-state index in [4.69, 9.17) is 16.8 Å². The molecule has 0 atom stereocenters. The molecule has 0 aromatic carbocycles. The lowest BCUT2D eigenvalue weighted by Gasteiger charge is -2.11. The van der Waals surface area contributed by atoms with Gasteiger partial charge in [0.25, 0.3) is 0 Å². The second kappa shape index (κ2) is 33.0. The Hall–Kier alpha value is 0.467. The van der Waals surface area contributed by atoms with Crippen molar-refractivity contribution >= 4 is 18.5 Å². The van der Waals surface area contributed by atoms with Crippen molar-refractivity contribution in [3.8, 4) is 0 Å². The first-order valence-electron chi connectivity index (χ1n) is 18.5. The molecule has 39 heavy (non-hydrogen) atoms. The molecule has 0 saturated heterocycles. The predicted molar refractivity (Wildman–Crippen MR) is 185 cm³/mol. The van der Waals surface area contributed by atoms with Gasteiger partial charge in [-0.15, -0.1) is 0 Å². The summed E-state index contributed by atoms with van der Waals surface area (Å²) in [5, 5.41) is 0. The normalized spacial score (nSPS) is 12.0. The van der Waals surface area contributed by atoms with Crippen LogP contribution in [-0.2, 0) is 0 Å². The fraction of sp³-hybridized carbons (Fsp3) is 1.00. The smallest absolute Gasteiger partial charge is 0.150 e. The maximum Gasteiger partial charge on any atom is 0.150 e. The third kappa shape index (κ3) is 38.5. The fourth-order valence-corrected chi connectivity index (χ4v) is 7.48. The van der Waals surface area contributed by atoms with Gasteiger partial charge in [0.05, 0.1) is 0 Å². The van der Waals surface area contributed by atoms with Crippen molar-refractivity contribution in [3.63, 3.8) is 0 Å². The molecule has 0 spiro atoms. The molecular weight excluding hydrogens is 510 g/mol. The van der Waals surface area contributed by atoms with E-state index < -0.39 is 7.38 Å². The summed E-state index contributed by atoms with van der Waals surface area (Å²) >= 11 is 6.39. The molecule has 2 N–H and O–H groups in total. The number of halogens is 1. The quantitative estimate of drug-likeness (QED) is 0.0453. The first-order chi connectivity index (χ1) is 19.1. The molecule has 0 bridgehead atoms. The number of hydrogen-bond donors (Lipinski definition) is 1. The van der Waals surface area contributed by atoms with Crippen molar-refractivity contribution in [2.24, 2.45) is 5.73 Å². The molecule has 0 rings (SSSR count). The highest BCUT2D eigenvalue weighted by molar-refractivity contribution is 7.19. The van der Waals surface area contributed by atoms with Crippen LogP contribution in [0.1, 0.15) is 205 Å². The summed E-state index contributed by atoms with van der Waals surface area (Å²) in [5.41, 5.74) is 5.55. The first kappa shape index (κ1) is 39.5. The summed E-state index contributed by atoms with van der Waals surface area (Å²) in [5.74, 6) is 0. The number of rotatable bonds is 34. The van der Waals surface area contributed by atoms with Crippen LogP contribution in [0.4, 0.5) is 0 Å². The van der Waals surface area contributed by atoms with Gasteiger partial charge in [0.1, 0.15) is 7.38 Å². The molecule has 0 unspecified atom stereocenters. The van der Waals surface area contributed by atoms with E-state index in [0.29, 0.717) is 0 Å². The van der Waals surface area contributed by atoms with E-state index in [2.05, 4.69) is 13.1 Å². The van der Waals surface area contributed by atoms with Crippen LogP contribution in [0.15, 0.2) is 0 Å². The molecule has 0 aliphatic heterocycles. The highest BCUT2D eigenvalue weighted by Gasteiger charge is 2.15. The van der Waals surface area contributed by atoms with Crippen LogP contribution in [0.2, 0.25) is 19.1 Å². The Balaban J connectivity index is 3.04. The molecular formula is C36H76ClNSi. The maximum atomic E-state index is 6.39. The molecule has 1 nitrogen and oxygen atoms in total. The van der Waals surface area contributed by atoms with E-state index in [1.165, 1.54) is 212 Å². The Morgan fingerprint density at radius 3 is 0.615 bits per heavy atom. The largest absolute Gasteiger partial charge is 0.330 e. The zero-order chi connectivity index (χ0) is 28.5. The van der Waals surface area contributed by atoms with Gasteiger partial charge < -0.3 is 5.73 Å². The minimum absolute atomic E-state index is 0.873. The Kier molecular flexibility index (Phi) is 33.4. The van der Waals surface area contributed by atoms with E-state index in [1.54, 1.807) is 0 Å². The maximum absolute atomic E-state index is 6.39. The van der Waals surface area contributed by atoms with E-state index in [-0.39, 0.29) is 0 Å². The number of nitrogens with two attached hydrogens (primary N) is 1. The van der Waals surface area contributed by atoms with Gasteiger partial charge in [0.2, 0.25) is 0 Å². The van der Waals surface area contributed by atoms with Crippen LogP contribution < -0.4 is 5.73 Å². The molecule has 0 radical (unpaired) electrons. The Morgan fingerprint density at radius 1 is 0.308 bits per heavy atom. The van der Waals surface area contributed by atoms with Gasteiger partial charge in [-0.05, 0) is 19.0 Å². The summed E-state index contributed by atoms with van der Waals surface area (Å²) in [7, 11) is -1.31. The third-order valence-electron chi connectivity index (χ3n) is 8.73. The van der Waals surface area contributed by atoms with Gasteiger partial charge >= 0.3 is 0 Å². The Labute approximate surface area is 254 Å². The lowest BCUT2D eigenvalue weighted by molar-refractivity contribution is 0.512. The van der Waals surface area contributed by atoms with E-state index in [0.717, 1.165) is 6.54 Å². The second-order valence-corrected chi connectivity index (χ2v) is 20.6. The average Bonchev–Trinajstić information content (AvgIpc) is 2.90. The SMILES string of the molecule is C[Si](C)(Cl)CCCCCCCCCCCCCCCCCCCCCCCCCCCCCCCCCCN. The highest BCUT2D eigenvalue weighted by Crippen LogP contribution is 2.20. The molecule has 0 heterocycles. The van der Waals surface area contributed by atoms with Gasteiger partial charge in [0, 0.05) is 0 Å². The summed E-state index contributed by atoms with van der Waals surface area (Å²) in [6.45, 7) is 5.42. The van der Waals surface area contributed by atoms with Crippen molar-refractivity contribution in [2.75, 3.05) is 6.54 Å². The summed E-state index contributed by atoms with van der Waals surface area (Å²) in [6.07, 6.45) is 46.5. The minimum atomic E-state index is -1.31. The van der Waals surface area contributed by atoms with Crippen LogP contribution in [-0.4, -0.2) is 13.9 Å². The van der Waals surface area contributed by atoms with Crippen molar-refractivity contribution in [1.29, 1.82) is 0 Å². The molecule has 0 fully saturated rings. The van der Waals surface area contributed by atoms with Gasteiger partial charge in [-0.1, -0.05) is 212 Å². The van der Waals surface area contributed by atoms with Crippen molar-refractivity contribution in [2.45, 2.75) is 225 Å². The molecule has 236 valence electrons. The van der Waals surface area contributed by atoms with Gasteiger partial charge in [-0.3, -0.25) is 0 Å². The van der Waals surface area contributed by atoms with Crippen LogP contribution >= 0.6 is 11.1 Å². The zero-order valence-corrected chi connectivity index (χ0v) is 29.3.